The molecule has 0 aliphatic heterocycles. The maximum atomic E-state index is 14.9. The van der Waals surface area contributed by atoms with E-state index in [1.807, 2.05) is 30.3 Å². The Morgan fingerprint density at radius 3 is 2.52 bits per heavy atom. The Balaban J connectivity index is 1.86. The van der Waals surface area contributed by atoms with Gasteiger partial charge in [0.25, 0.3) is 0 Å². The van der Waals surface area contributed by atoms with Crippen LogP contribution in [-0.2, 0) is 26.8 Å². The van der Waals surface area contributed by atoms with Crippen molar-refractivity contribution in [3.63, 3.8) is 0 Å². The van der Waals surface area contributed by atoms with Crippen LogP contribution in [0, 0.1) is 5.82 Å². The average Bonchev–Trinajstić information content (AvgIpc) is 2.90. The van der Waals surface area contributed by atoms with Crippen LogP contribution >= 0.6 is 0 Å². The highest BCUT2D eigenvalue weighted by molar-refractivity contribution is 7.92. The molecule has 0 bridgehead atoms. The first-order valence-corrected chi connectivity index (χ1v) is 14.2. The highest BCUT2D eigenvalue weighted by Crippen LogP contribution is 2.26. The van der Waals surface area contributed by atoms with Gasteiger partial charge in [-0.15, -0.1) is 4.36 Å². The number of hydrogen-bond donors (Lipinski definition) is 2. The predicted molar refractivity (Wildman–Crippen MR) is 154 cm³/mol. The Bertz CT molecular complexity index is 1550. The lowest BCUT2D eigenvalue weighted by atomic mass is 10.1. The molecule has 3 N–H and O–H groups in total. The van der Waals surface area contributed by atoms with Crippen molar-refractivity contribution in [2.45, 2.75) is 19.3 Å². The van der Waals surface area contributed by atoms with E-state index in [4.69, 9.17) is 15.2 Å². The largest absolute Gasteiger partial charge is 0.488 e. The van der Waals surface area contributed by atoms with Gasteiger partial charge < -0.3 is 20.5 Å². The first-order valence-electron chi connectivity index (χ1n) is 12.1. The van der Waals surface area contributed by atoms with Crippen LogP contribution < -0.4 is 15.8 Å². The number of allylic oxidation sites excluding steroid dienone is 1. The monoisotopic (exact) mass is 568 g/mol. The van der Waals surface area contributed by atoms with Crippen LogP contribution in [0.4, 0.5) is 19.3 Å². The van der Waals surface area contributed by atoms with Gasteiger partial charge in [-0.05, 0) is 42.3 Å². The highest BCUT2D eigenvalue weighted by Gasteiger charge is 2.17. The molecule has 0 heterocycles. The van der Waals surface area contributed by atoms with Crippen molar-refractivity contribution in [2.24, 2.45) is 15.1 Å². The van der Waals surface area contributed by atoms with E-state index in [1.165, 1.54) is 12.3 Å². The molecule has 0 aromatic heterocycles. The van der Waals surface area contributed by atoms with Crippen LogP contribution in [-0.4, -0.2) is 28.9 Å². The van der Waals surface area contributed by atoms with E-state index in [0.717, 1.165) is 23.9 Å². The summed E-state index contributed by atoms with van der Waals surface area (Å²) >= 11 is 0. The van der Waals surface area contributed by atoms with Crippen molar-refractivity contribution < 1.29 is 27.3 Å². The quantitative estimate of drug-likeness (QED) is 0.262. The third-order valence-corrected chi connectivity index (χ3v) is 6.65. The van der Waals surface area contributed by atoms with Gasteiger partial charge in [-0.25, -0.2) is 22.8 Å². The fraction of sp³-hybridized carbons (Fsp3) is 0.172. The molecule has 3 aromatic carbocycles. The van der Waals surface area contributed by atoms with E-state index in [0.29, 0.717) is 11.3 Å². The highest BCUT2D eigenvalue weighted by atomic mass is 32.2. The number of carbonyl (C=O) groups is 1. The number of ether oxygens (including phenoxy) is 2. The normalized spacial score (nSPS) is 13.2. The Hall–Kier alpha value is -4.51. The molecule has 1 unspecified atom stereocenters. The van der Waals surface area contributed by atoms with Crippen molar-refractivity contribution in [3.8, 4) is 5.75 Å². The lowest BCUT2D eigenvalue weighted by Crippen LogP contribution is -2.10. The Morgan fingerprint density at radius 2 is 1.82 bits per heavy atom. The molecule has 3 aromatic rings. The molecular weight excluding hydrogens is 538 g/mol. The van der Waals surface area contributed by atoms with Gasteiger partial charge in [0.2, 0.25) is 0 Å². The second-order valence-corrected chi connectivity index (χ2v) is 10.9. The third-order valence-electron chi connectivity index (χ3n) is 5.24. The number of rotatable bonds is 11. The minimum Gasteiger partial charge on any atom is -0.488 e. The third kappa shape index (κ3) is 9.05. The number of aliphatic imine (C=N–C) groups is 1. The fourth-order valence-corrected chi connectivity index (χ4v) is 4.82. The second-order valence-electron chi connectivity index (χ2n) is 8.56. The zero-order valence-electron chi connectivity index (χ0n) is 22.1. The number of halogens is 2. The van der Waals surface area contributed by atoms with Gasteiger partial charge in [-0.3, -0.25) is 0 Å². The summed E-state index contributed by atoms with van der Waals surface area (Å²) in [6.45, 7) is 5.73. The summed E-state index contributed by atoms with van der Waals surface area (Å²) in [5, 5.41) is 2.95. The van der Waals surface area contributed by atoms with Crippen molar-refractivity contribution >= 4 is 27.2 Å². The van der Waals surface area contributed by atoms with Gasteiger partial charge in [0, 0.05) is 29.8 Å². The fourth-order valence-electron chi connectivity index (χ4n) is 3.59. The summed E-state index contributed by atoms with van der Waals surface area (Å²) in [6, 6.07) is 19.7. The average molecular weight is 569 g/mol. The zero-order chi connectivity index (χ0) is 29.1. The lowest BCUT2D eigenvalue weighted by Gasteiger charge is -2.14. The van der Waals surface area contributed by atoms with Gasteiger partial charge in [-0.2, -0.15) is 0 Å². The molecule has 11 heteroatoms. The van der Waals surface area contributed by atoms with Crippen LogP contribution in [0.2, 0.25) is 0 Å². The smallest absolute Gasteiger partial charge is 0.441 e. The second kappa shape index (κ2) is 14.0. The van der Waals surface area contributed by atoms with Crippen molar-refractivity contribution in [1.82, 2.24) is 0 Å². The number of nitrogens with one attached hydrogen (secondary N) is 1. The van der Waals surface area contributed by atoms with Crippen LogP contribution in [0.5, 0.6) is 5.75 Å². The van der Waals surface area contributed by atoms with E-state index in [2.05, 4.69) is 21.3 Å². The maximum Gasteiger partial charge on any atom is 0.441 e. The minimum absolute atomic E-state index is 0.00936. The number of hydrogen-bond acceptors (Lipinski definition) is 7. The summed E-state index contributed by atoms with van der Waals surface area (Å²) in [5.41, 5.74) is 7.37. The standard InChI is InChI=1S/C29H30F2N4O4S/c1-4-38-29(36)35-40(3,37)19-22-11-8-12-24(15-22)33-20(2)34-28(26(31)17-32)25-14-13-23(30)16-27(25)39-18-21-9-6-5-7-10-21/h5-17,33H,2,4,18-19,32H2,1,3H3/b26-17+,34-28-. The van der Waals surface area contributed by atoms with Crippen LogP contribution in [0.15, 0.2) is 107 Å². The SMILES string of the molecule is C=C(/N=C(\C(F)=C/N)c1ccc(F)cc1OCc1ccccc1)Nc1cccc(CS(C)(=O)=NC(=O)OCC)c1. The van der Waals surface area contributed by atoms with Gasteiger partial charge >= 0.3 is 6.09 Å². The molecule has 3 rings (SSSR count). The summed E-state index contributed by atoms with van der Waals surface area (Å²) in [6.07, 6.45) is 1.21. The van der Waals surface area contributed by atoms with Gasteiger partial charge in [0.15, 0.2) is 5.83 Å². The molecule has 210 valence electrons. The van der Waals surface area contributed by atoms with E-state index in [9.17, 15) is 17.8 Å². The molecule has 8 nitrogen and oxygen atoms in total. The topological polar surface area (TPSA) is 115 Å². The summed E-state index contributed by atoms with van der Waals surface area (Å²) in [7, 11) is -2.90. The molecular formula is C29H30F2N4O4S. The molecule has 0 saturated carbocycles. The molecule has 1 atom stereocenters. The number of benzene rings is 3. The molecule has 0 aliphatic rings. The minimum atomic E-state index is -2.90. The Kier molecular flexibility index (Phi) is 10.5. The van der Waals surface area contributed by atoms with Gasteiger partial charge in [0.05, 0.1) is 22.1 Å². The van der Waals surface area contributed by atoms with Gasteiger partial charge in [0.1, 0.15) is 29.7 Å². The number of carbonyl (C=O) groups excluding carboxylic acids is 1. The zero-order valence-corrected chi connectivity index (χ0v) is 22.9. The van der Waals surface area contributed by atoms with E-state index >= 15 is 0 Å². The molecule has 0 aliphatic carbocycles. The maximum absolute atomic E-state index is 14.9. The first-order chi connectivity index (χ1) is 19.1. The Labute approximate surface area is 232 Å². The van der Waals surface area contributed by atoms with Crippen LogP contribution in [0.3, 0.4) is 0 Å². The molecule has 0 saturated heterocycles. The molecule has 0 radical (unpaired) electrons. The Morgan fingerprint density at radius 1 is 1.10 bits per heavy atom. The summed E-state index contributed by atoms with van der Waals surface area (Å²) < 4.78 is 56.0. The van der Waals surface area contributed by atoms with Gasteiger partial charge in [-0.1, -0.05) is 49.0 Å². The van der Waals surface area contributed by atoms with E-state index in [-0.39, 0.29) is 41.8 Å². The van der Waals surface area contributed by atoms with Crippen LogP contribution in [0.25, 0.3) is 0 Å². The number of nitrogens with two attached hydrogens (primary N) is 1. The van der Waals surface area contributed by atoms with Crippen LogP contribution in [0.1, 0.15) is 23.6 Å². The molecule has 40 heavy (non-hydrogen) atoms. The number of nitrogens with zero attached hydrogens (tertiary/aromatic N) is 2. The van der Waals surface area contributed by atoms with E-state index < -0.39 is 27.5 Å². The molecule has 0 fully saturated rings. The van der Waals surface area contributed by atoms with E-state index in [1.54, 1.807) is 31.2 Å². The number of anilines is 1. The van der Waals surface area contributed by atoms with Crippen molar-refractivity contribution in [2.75, 3.05) is 18.2 Å². The molecule has 1 amide bonds. The van der Waals surface area contributed by atoms with Crippen molar-refractivity contribution in [3.05, 3.63) is 120 Å². The molecule has 0 spiro atoms. The lowest BCUT2D eigenvalue weighted by molar-refractivity contribution is 0.164. The predicted octanol–water partition coefficient (Wildman–Crippen LogP) is 6.30. The summed E-state index contributed by atoms with van der Waals surface area (Å²) in [4.78, 5) is 15.9. The first kappa shape index (κ1) is 30.0. The number of amides is 1. The summed E-state index contributed by atoms with van der Waals surface area (Å²) in [5.74, 6) is -1.35. The van der Waals surface area contributed by atoms with Crippen molar-refractivity contribution in [1.29, 1.82) is 0 Å².